The standard InChI is InChI=1S/C20H20FN3O3/c1-12(21)16(17(25)23-20(2,3)15-10-6-7-11-22-15)24-18(26)13-8-4-5-9-14(13)19(24)27/h4-12,16H,1-3H3,(H,23,25)/t12-,16+/m0/s1. The van der Waals surface area contributed by atoms with Crippen LogP contribution in [0, 0.1) is 0 Å². The average molecular weight is 369 g/mol. The highest BCUT2D eigenvalue weighted by molar-refractivity contribution is 6.22. The van der Waals surface area contributed by atoms with Gasteiger partial charge >= 0.3 is 0 Å². The largest absolute Gasteiger partial charge is 0.344 e. The summed E-state index contributed by atoms with van der Waals surface area (Å²) in [6.45, 7) is 4.59. The molecule has 1 N–H and O–H groups in total. The van der Waals surface area contributed by atoms with Crippen LogP contribution >= 0.6 is 0 Å². The van der Waals surface area contributed by atoms with Gasteiger partial charge in [-0.15, -0.1) is 0 Å². The Morgan fingerprint density at radius 1 is 1.07 bits per heavy atom. The minimum absolute atomic E-state index is 0.171. The first-order chi connectivity index (χ1) is 12.7. The summed E-state index contributed by atoms with van der Waals surface area (Å²) in [6.07, 6.45) is -0.158. The molecule has 3 amide bonds. The van der Waals surface area contributed by atoms with Crippen LogP contribution in [0.4, 0.5) is 4.39 Å². The smallest absolute Gasteiger partial charge is 0.262 e. The predicted molar refractivity (Wildman–Crippen MR) is 96.7 cm³/mol. The number of fused-ring (bicyclic) bond motifs is 1. The molecule has 7 heteroatoms. The van der Waals surface area contributed by atoms with Crippen LogP contribution in [0.3, 0.4) is 0 Å². The Balaban J connectivity index is 1.90. The quantitative estimate of drug-likeness (QED) is 0.821. The number of amides is 3. The Morgan fingerprint density at radius 2 is 1.63 bits per heavy atom. The minimum Gasteiger partial charge on any atom is -0.344 e. The van der Waals surface area contributed by atoms with Gasteiger partial charge in [-0.2, -0.15) is 0 Å². The fraction of sp³-hybridized carbons (Fsp3) is 0.300. The van der Waals surface area contributed by atoms with Crippen molar-refractivity contribution in [3.8, 4) is 0 Å². The average Bonchev–Trinajstić information content (AvgIpc) is 2.88. The summed E-state index contributed by atoms with van der Waals surface area (Å²) < 4.78 is 14.4. The van der Waals surface area contributed by atoms with Crippen molar-refractivity contribution in [3.63, 3.8) is 0 Å². The van der Waals surface area contributed by atoms with E-state index in [9.17, 15) is 18.8 Å². The van der Waals surface area contributed by atoms with Crippen LogP contribution in [0.2, 0.25) is 0 Å². The normalized spacial score (nSPS) is 16.1. The molecule has 3 rings (SSSR count). The Kier molecular flexibility index (Phi) is 4.78. The molecule has 1 aromatic carbocycles. The monoisotopic (exact) mass is 369 g/mol. The summed E-state index contributed by atoms with van der Waals surface area (Å²) in [5.41, 5.74) is 0.00490. The van der Waals surface area contributed by atoms with Crippen molar-refractivity contribution in [2.24, 2.45) is 0 Å². The molecule has 0 unspecified atom stereocenters. The number of halogens is 1. The summed E-state index contributed by atoms with van der Waals surface area (Å²) >= 11 is 0. The zero-order valence-corrected chi connectivity index (χ0v) is 15.3. The van der Waals surface area contributed by atoms with Gasteiger partial charge in [0.1, 0.15) is 12.2 Å². The van der Waals surface area contributed by atoms with Crippen molar-refractivity contribution < 1.29 is 18.8 Å². The summed E-state index contributed by atoms with van der Waals surface area (Å²) in [5.74, 6) is -2.10. The molecule has 2 atom stereocenters. The first-order valence-electron chi connectivity index (χ1n) is 8.58. The number of carbonyl (C=O) groups excluding carboxylic acids is 3. The lowest BCUT2D eigenvalue weighted by atomic mass is 9.98. The van der Waals surface area contributed by atoms with Gasteiger partial charge < -0.3 is 5.32 Å². The lowest BCUT2D eigenvalue weighted by molar-refractivity contribution is -0.128. The van der Waals surface area contributed by atoms with Crippen LogP contribution in [-0.4, -0.2) is 39.8 Å². The van der Waals surface area contributed by atoms with Crippen molar-refractivity contribution in [3.05, 3.63) is 65.5 Å². The van der Waals surface area contributed by atoms with Gasteiger partial charge in [0, 0.05) is 6.20 Å². The number of pyridine rings is 1. The van der Waals surface area contributed by atoms with Gasteiger partial charge in [-0.05, 0) is 45.0 Å². The van der Waals surface area contributed by atoms with Gasteiger partial charge in [0.25, 0.3) is 11.8 Å². The van der Waals surface area contributed by atoms with E-state index in [1.807, 2.05) is 0 Å². The van der Waals surface area contributed by atoms with Crippen molar-refractivity contribution in [2.45, 2.75) is 38.5 Å². The minimum atomic E-state index is -1.74. The highest BCUT2D eigenvalue weighted by Crippen LogP contribution is 2.27. The van der Waals surface area contributed by atoms with Crippen LogP contribution in [-0.2, 0) is 10.3 Å². The third kappa shape index (κ3) is 3.32. The number of benzene rings is 1. The molecule has 0 radical (unpaired) electrons. The van der Waals surface area contributed by atoms with Crippen LogP contribution in [0.15, 0.2) is 48.7 Å². The van der Waals surface area contributed by atoms with E-state index in [4.69, 9.17) is 0 Å². The van der Waals surface area contributed by atoms with Gasteiger partial charge in [0.2, 0.25) is 5.91 Å². The molecule has 0 spiro atoms. The molecule has 6 nitrogen and oxygen atoms in total. The second-order valence-electron chi connectivity index (χ2n) is 6.98. The van der Waals surface area contributed by atoms with Gasteiger partial charge in [-0.25, -0.2) is 4.39 Å². The molecule has 2 aromatic rings. The first kappa shape index (κ1) is 18.7. The van der Waals surface area contributed by atoms with E-state index in [2.05, 4.69) is 10.3 Å². The molecular weight excluding hydrogens is 349 g/mol. The number of nitrogens with zero attached hydrogens (tertiary/aromatic N) is 2. The topological polar surface area (TPSA) is 79.4 Å². The van der Waals surface area contributed by atoms with E-state index in [1.165, 1.54) is 12.1 Å². The maximum atomic E-state index is 14.4. The second-order valence-corrected chi connectivity index (χ2v) is 6.98. The van der Waals surface area contributed by atoms with E-state index in [0.29, 0.717) is 10.6 Å². The number of hydrogen-bond acceptors (Lipinski definition) is 4. The van der Waals surface area contributed by atoms with Crippen molar-refractivity contribution in [2.75, 3.05) is 0 Å². The molecule has 0 saturated carbocycles. The molecule has 1 aliphatic heterocycles. The van der Waals surface area contributed by atoms with Gasteiger partial charge in [0.05, 0.1) is 22.4 Å². The Labute approximate surface area is 156 Å². The van der Waals surface area contributed by atoms with Crippen molar-refractivity contribution in [1.29, 1.82) is 0 Å². The summed E-state index contributed by atoms with van der Waals surface area (Å²) in [6, 6.07) is 9.90. The van der Waals surface area contributed by atoms with Crippen LogP contribution < -0.4 is 5.32 Å². The zero-order chi connectivity index (χ0) is 19.8. The zero-order valence-electron chi connectivity index (χ0n) is 15.3. The van der Waals surface area contributed by atoms with E-state index in [-0.39, 0.29) is 11.1 Å². The highest BCUT2D eigenvalue weighted by atomic mass is 19.1. The van der Waals surface area contributed by atoms with Crippen molar-refractivity contribution in [1.82, 2.24) is 15.2 Å². The highest BCUT2D eigenvalue weighted by Gasteiger charge is 2.46. The maximum absolute atomic E-state index is 14.4. The van der Waals surface area contributed by atoms with Gasteiger partial charge in [0.15, 0.2) is 0 Å². The molecule has 27 heavy (non-hydrogen) atoms. The lowest BCUT2D eigenvalue weighted by Crippen LogP contribution is -2.57. The van der Waals surface area contributed by atoms with E-state index in [0.717, 1.165) is 6.92 Å². The fourth-order valence-electron chi connectivity index (χ4n) is 3.17. The molecule has 1 aromatic heterocycles. The third-order valence-electron chi connectivity index (χ3n) is 4.55. The molecule has 1 aliphatic rings. The fourth-order valence-corrected chi connectivity index (χ4v) is 3.17. The number of nitrogens with one attached hydrogen (secondary N) is 1. The summed E-state index contributed by atoms with van der Waals surface area (Å²) in [4.78, 5) is 43.1. The number of imide groups is 1. The molecule has 0 saturated heterocycles. The van der Waals surface area contributed by atoms with Crippen LogP contribution in [0.5, 0.6) is 0 Å². The van der Waals surface area contributed by atoms with Crippen LogP contribution in [0.25, 0.3) is 0 Å². The molecule has 2 heterocycles. The van der Waals surface area contributed by atoms with Gasteiger partial charge in [-0.1, -0.05) is 18.2 Å². The number of rotatable bonds is 5. The lowest BCUT2D eigenvalue weighted by Gasteiger charge is -2.32. The molecule has 0 aliphatic carbocycles. The van der Waals surface area contributed by atoms with E-state index >= 15 is 0 Å². The first-order valence-corrected chi connectivity index (χ1v) is 8.58. The van der Waals surface area contributed by atoms with E-state index in [1.54, 1.807) is 50.4 Å². The number of hydrogen-bond donors (Lipinski definition) is 1. The summed E-state index contributed by atoms with van der Waals surface area (Å²) in [7, 11) is 0. The molecular formula is C20H20FN3O3. The van der Waals surface area contributed by atoms with Crippen molar-refractivity contribution >= 4 is 17.7 Å². The van der Waals surface area contributed by atoms with E-state index < -0.39 is 35.5 Å². The Morgan fingerprint density at radius 3 is 2.11 bits per heavy atom. The number of carbonyl (C=O) groups is 3. The number of aromatic nitrogens is 1. The third-order valence-corrected chi connectivity index (χ3v) is 4.55. The molecule has 0 fully saturated rings. The summed E-state index contributed by atoms with van der Waals surface area (Å²) in [5, 5.41) is 2.71. The number of alkyl halides is 1. The SMILES string of the molecule is C[C@H](F)[C@H](C(=O)NC(C)(C)c1ccccn1)N1C(=O)c2ccccc2C1=O. The van der Waals surface area contributed by atoms with Gasteiger partial charge in [-0.3, -0.25) is 24.3 Å². The Bertz CT molecular complexity index is 861. The predicted octanol–water partition coefficient (Wildman–Crippen LogP) is 2.46. The second kappa shape index (κ2) is 6.90. The Hall–Kier alpha value is -3.09. The van der Waals surface area contributed by atoms with Crippen LogP contribution in [0.1, 0.15) is 47.2 Å². The molecule has 140 valence electrons. The maximum Gasteiger partial charge on any atom is 0.262 e. The molecule has 0 bridgehead atoms.